The molecule has 1 aliphatic heterocycles. The predicted molar refractivity (Wildman–Crippen MR) is 75.2 cm³/mol. The van der Waals surface area contributed by atoms with Gasteiger partial charge in [-0.1, -0.05) is 6.42 Å². The molecule has 5 nitrogen and oxygen atoms in total. The molecule has 108 valence electrons. The van der Waals surface area contributed by atoms with Crippen molar-refractivity contribution >= 4 is 23.6 Å². The molecule has 0 aromatic heterocycles. The second-order valence-corrected chi connectivity index (χ2v) is 6.45. The third-order valence-corrected chi connectivity index (χ3v) is 4.94. The summed E-state index contributed by atoms with van der Waals surface area (Å²) in [6.07, 6.45) is 2.19. The van der Waals surface area contributed by atoms with Gasteiger partial charge < -0.3 is 10.4 Å². The lowest BCUT2D eigenvalue weighted by molar-refractivity contribution is -0.146. The number of hydrogen-bond donors (Lipinski definition) is 2. The van der Waals surface area contributed by atoms with Gasteiger partial charge >= 0.3 is 5.97 Å². The number of thioether (sulfide) groups is 1. The van der Waals surface area contributed by atoms with Crippen LogP contribution in [0, 0.1) is 11.8 Å². The largest absolute Gasteiger partial charge is 0.481 e. The number of hydrogen-bond acceptors (Lipinski definition) is 4. The first-order valence-corrected chi connectivity index (χ1v) is 8.14. The first-order chi connectivity index (χ1) is 9.18. The fraction of sp³-hybridized carbons (Fsp3) is 0.846. The molecule has 0 bridgehead atoms. The molecule has 0 aromatic carbocycles. The summed E-state index contributed by atoms with van der Waals surface area (Å²) in [5.41, 5.74) is 0. The Morgan fingerprint density at radius 3 is 2.58 bits per heavy atom. The summed E-state index contributed by atoms with van der Waals surface area (Å²) in [5, 5.41) is 12.0. The summed E-state index contributed by atoms with van der Waals surface area (Å²) in [4.78, 5) is 25.4. The molecule has 1 saturated heterocycles. The van der Waals surface area contributed by atoms with E-state index in [0.29, 0.717) is 19.4 Å². The summed E-state index contributed by atoms with van der Waals surface area (Å²) < 4.78 is 0. The van der Waals surface area contributed by atoms with Crippen molar-refractivity contribution in [3.8, 4) is 0 Å². The summed E-state index contributed by atoms with van der Waals surface area (Å²) in [6, 6.07) is 0. The minimum Gasteiger partial charge on any atom is -0.481 e. The maximum Gasteiger partial charge on any atom is 0.307 e. The molecule has 0 spiro atoms. The minimum absolute atomic E-state index is 0.0729. The maximum atomic E-state index is 12.0. The van der Waals surface area contributed by atoms with Gasteiger partial charge in [-0.15, -0.1) is 0 Å². The van der Waals surface area contributed by atoms with Gasteiger partial charge in [-0.2, -0.15) is 11.8 Å². The van der Waals surface area contributed by atoms with Crippen molar-refractivity contribution in [2.75, 3.05) is 37.7 Å². The number of carbonyl (C=O) groups is 2. The fourth-order valence-corrected chi connectivity index (χ4v) is 3.84. The number of amides is 1. The van der Waals surface area contributed by atoms with E-state index in [1.807, 2.05) is 11.8 Å². The molecule has 2 rings (SSSR count). The average molecular weight is 286 g/mol. The minimum atomic E-state index is -0.828. The van der Waals surface area contributed by atoms with Crippen molar-refractivity contribution in [2.45, 2.75) is 19.3 Å². The number of carboxylic acids is 1. The molecule has 1 aliphatic carbocycles. The number of rotatable bonds is 5. The predicted octanol–water partition coefficient (Wildman–Crippen LogP) is 0.652. The zero-order valence-corrected chi connectivity index (χ0v) is 12.0. The number of nitrogens with zero attached hydrogens (tertiary/aromatic N) is 1. The molecular weight excluding hydrogens is 264 g/mol. The van der Waals surface area contributed by atoms with E-state index in [9.17, 15) is 9.59 Å². The third-order valence-electron chi connectivity index (χ3n) is 4.00. The van der Waals surface area contributed by atoms with Gasteiger partial charge in [0.25, 0.3) is 0 Å². The molecule has 2 atom stereocenters. The molecule has 2 aliphatic rings. The maximum absolute atomic E-state index is 12.0. The first kappa shape index (κ1) is 14.7. The number of nitrogens with one attached hydrogen (secondary N) is 1. The highest BCUT2D eigenvalue weighted by atomic mass is 32.2. The number of carboxylic acid groups (broad SMARTS) is 1. The van der Waals surface area contributed by atoms with Crippen LogP contribution in [0.2, 0.25) is 0 Å². The molecule has 1 saturated carbocycles. The summed E-state index contributed by atoms with van der Waals surface area (Å²) >= 11 is 1.97. The standard InChI is InChI=1S/C13H22N2O3S/c16-12(10-2-1-3-11(10)13(17)18)14-4-5-15-6-8-19-9-7-15/h10-11H,1-9H2,(H,14,16)(H,17,18). The summed E-state index contributed by atoms with van der Waals surface area (Å²) in [7, 11) is 0. The Labute approximate surface area is 118 Å². The summed E-state index contributed by atoms with van der Waals surface area (Å²) in [6.45, 7) is 3.67. The van der Waals surface area contributed by atoms with Crippen molar-refractivity contribution in [3.05, 3.63) is 0 Å². The Bertz CT molecular complexity index is 332. The Morgan fingerprint density at radius 1 is 1.21 bits per heavy atom. The molecule has 2 N–H and O–H groups in total. The Morgan fingerprint density at radius 2 is 1.89 bits per heavy atom. The van der Waals surface area contributed by atoms with E-state index in [-0.39, 0.29) is 11.8 Å². The normalized spacial score (nSPS) is 28.2. The van der Waals surface area contributed by atoms with Crippen molar-refractivity contribution in [1.82, 2.24) is 10.2 Å². The van der Waals surface area contributed by atoms with Crippen molar-refractivity contribution in [3.63, 3.8) is 0 Å². The molecule has 1 amide bonds. The van der Waals surface area contributed by atoms with Gasteiger partial charge in [-0.25, -0.2) is 0 Å². The van der Waals surface area contributed by atoms with Crippen molar-refractivity contribution < 1.29 is 14.7 Å². The monoisotopic (exact) mass is 286 g/mol. The SMILES string of the molecule is O=C(O)C1CCCC1C(=O)NCCN1CCSCC1. The molecule has 2 fully saturated rings. The Balaban J connectivity index is 1.70. The van der Waals surface area contributed by atoms with Gasteiger partial charge in [-0.3, -0.25) is 14.5 Å². The zero-order chi connectivity index (χ0) is 13.7. The van der Waals surface area contributed by atoms with E-state index in [1.165, 1.54) is 0 Å². The summed E-state index contributed by atoms with van der Waals surface area (Å²) in [5.74, 6) is 0.623. The van der Waals surface area contributed by atoms with Crippen molar-refractivity contribution in [2.24, 2.45) is 11.8 Å². The lowest BCUT2D eigenvalue weighted by atomic mass is 9.95. The van der Waals surface area contributed by atoms with Gasteiger partial charge in [-0.05, 0) is 12.8 Å². The second kappa shape index (κ2) is 7.14. The van der Waals surface area contributed by atoms with Crippen LogP contribution in [0.3, 0.4) is 0 Å². The van der Waals surface area contributed by atoms with Gasteiger partial charge in [0, 0.05) is 37.7 Å². The third kappa shape index (κ3) is 4.11. The highest BCUT2D eigenvalue weighted by molar-refractivity contribution is 7.99. The molecular formula is C13H22N2O3S. The van der Waals surface area contributed by atoms with Crippen molar-refractivity contribution in [1.29, 1.82) is 0 Å². The van der Waals surface area contributed by atoms with Gasteiger partial charge in [0.2, 0.25) is 5.91 Å². The lowest BCUT2D eigenvalue weighted by Crippen LogP contribution is -2.42. The zero-order valence-electron chi connectivity index (χ0n) is 11.1. The van der Waals surface area contributed by atoms with E-state index in [0.717, 1.165) is 37.6 Å². The smallest absolute Gasteiger partial charge is 0.307 e. The molecule has 0 radical (unpaired) electrons. The molecule has 1 heterocycles. The number of aliphatic carboxylic acids is 1. The van der Waals surface area contributed by atoms with Crippen LogP contribution >= 0.6 is 11.8 Å². The molecule has 19 heavy (non-hydrogen) atoms. The van der Waals surface area contributed by atoms with Gasteiger partial charge in [0.15, 0.2) is 0 Å². The van der Waals surface area contributed by atoms with Gasteiger partial charge in [0.1, 0.15) is 0 Å². The molecule has 6 heteroatoms. The first-order valence-electron chi connectivity index (χ1n) is 6.99. The quantitative estimate of drug-likeness (QED) is 0.777. The van der Waals surface area contributed by atoms with Gasteiger partial charge in [0.05, 0.1) is 11.8 Å². The fourth-order valence-electron chi connectivity index (χ4n) is 2.86. The van der Waals surface area contributed by atoms with E-state index < -0.39 is 11.9 Å². The van der Waals surface area contributed by atoms with E-state index in [2.05, 4.69) is 10.2 Å². The van der Waals surface area contributed by atoms with Crippen LogP contribution < -0.4 is 5.32 Å². The van der Waals surface area contributed by atoms with Crippen LogP contribution in [0.1, 0.15) is 19.3 Å². The van der Waals surface area contributed by atoms with Crippen LogP contribution in [-0.4, -0.2) is 59.6 Å². The highest BCUT2D eigenvalue weighted by Crippen LogP contribution is 2.31. The lowest BCUT2D eigenvalue weighted by Gasteiger charge is -2.26. The van der Waals surface area contributed by atoms with Crippen LogP contribution in [0.4, 0.5) is 0 Å². The van der Waals surface area contributed by atoms with Crippen LogP contribution in [0.25, 0.3) is 0 Å². The highest BCUT2D eigenvalue weighted by Gasteiger charge is 2.37. The average Bonchev–Trinajstić information content (AvgIpc) is 2.89. The Hall–Kier alpha value is -0.750. The molecule has 0 aromatic rings. The topological polar surface area (TPSA) is 69.6 Å². The van der Waals surface area contributed by atoms with Crippen LogP contribution in [0.5, 0.6) is 0 Å². The van der Waals surface area contributed by atoms with E-state index in [4.69, 9.17) is 5.11 Å². The van der Waals surface area contributed by atoms with Crippen LogP contribution in [-0.2, 0) is 9.59 Å². The second-order valence-electron chi connectivity index (χ2n) is 5.23. The van der Waals surface area contributed by atoms with E-state index in [1.54, 1.807) is 0 Å². The molecule has 2 unspecified atom stereocenters. The van der Waals surface area contributed by atoms with E-state index >= 15 is 0 Å². The Kier molecular flexibility index (Phi) is 5.51. The number of carbonyl (C=O) groups excluding carboxylic acids is 1. The van der Waals surface area contributed by atoms with Crippen LogP contribution in [0.15, 0.2) is 0 Å².